The number of amides is 1. The average molecular weight is 294 g/mol. The van der Waals surface area contributed by atoms with Crippen LogP contribution in [-0.4, -0.2) is 58.6 Å². The zero-order valence-electron chi connectivity index (χ0n) is 13.2. The number of aromatic nitrogens is 2. The molecule has 0 radical (unpaired) electrons. The fourth-order valence-electron chi connectivity index (χ4n) is 2.89. The Balaban J connectivity index is 1.76. The molecule has 6 heteroatoms. The molecule has 2 N–H and O–H groups in total. The second-order valence-corrected chi connectivity index (χ2v) is 6.26. The van der Waals surface area contributed by atoms with Crippen molar-refractivity contribution in [2.45, 2.75) is 39.2 Å². The Morgan fingerprint density at radius 2 is 2.05 bits per heavy atom. The molecule has 0 saturated carbocycles. The lowest BCUT2D eigenvalue weighted by Crippen LogP contribution is -2.39. The summed E-state index contributed by atoms with van der Waals surface area (Å²) in [5.74, 6) is 0.563. The van der Waals surface area contributed by atoms with Crippen LogP contribution in [0.15, 0.2) is 10.9 Å². The van der Waals surface area contributed by atoms with E-state index in [0.29, 0.717) is 17.7 Å². The molecule has 21 heavy (non-hydrogen) atoms. The number of carbonyl (C=O) groups excluding carboxylic acids is 1. The standard InChI is InChI=1S/C15H26N4O2/c1-11(2)19-8-5-12(6-9-19)4-7-18(3)15(21)13-10-14(20)17-16-13/h10-12H,4-9H2,1-3H3,(H2,16,17,20). The minimum Gasteiger partial charge on any atom is -0.340 e. The van der Waals surface area contributed by atoms with Crippen molar-refractivity contribution in [3.8, 4) is 0 Å². The number of aromatic amines is 2. The number of carbonyl (C=O) groups is 1. The second-order valence-electron chi connectivity index (χ2n) is 6.26. The third kappa shape index (κ3) is 4.20. The molecule has 0 aromatic carbocycles. The summed E-state index contributed by atoms with van der Waals surface area (Å²) in [6.07, 6.45) is 3.45. The molecule has 0 aliphatic carbocycles. The van der Waals surface area contributed by atoms with Crippen molar-refractivity contribution in [3.05, 3.63) is 22.1 Å². The summed E-state index contributed by atoms with van der Waals surface area (Å²) in [7, 11) is 1.79. The van der Waals surface area contributed by atoms with E-state index in [-0.39, 0.29) is 11.5 Å². The normalized spacial score (nSPS) is 17.3. The Morgan fingerprint density at radius 1 is 1.38 bits per heavy atom. The second kappa shape index (κ2) is 6.93. The lowest BCUT2D eigenvalue weighted by atomic mass is 9.93. The Morgan fingerprint density at radius 3 is 2.57 bits per heavy atom. The molecule has 1 aliphatic heterocycles. The van der Waals surface area contributed by atoms with Crippen LogP contribution in [0.2, 0.25) is 0 Å². The van der Waals surface area contributed by atoms with Gasteiger partial charge in [-0.2, -0.15) is 0 Å². The third-order valence-corrected chi connectivity index (χ3v) is 4.43. The molecular weight excluding hydrogens is 268 g/mol. The molecule has 2 rings (SSSR count). The van der Waals surface area contributed by atoms with Gasteiger partial charge in [0.25, 0.3) is 11.5 Å². The fraction of sp³-hybridized carbons (Fsp3) is 0.733. The van der Waals surface area contributed by atoms with Crippen LogP contribution < -0.4 is 5.56 Å². The summed E-state index contributed by atoms with van der Waals surface area (Å²) in [5.41, 5.74) is 0.0601. The van der Waals surface area contributed by atoms with Crippen LogP contribution in [0.25, 0.3) is 0 Å². The van der Waals surface area contributed by atoms with Gasteiger partial charge in [0, 0.05) is 25.7 Å². The zero-order valence-corrected chi connectivity index (χ0v) is 13.2. The zero-order chi connectivity index (χ0) is 15.4. The number of H-pyrrole nitrogens is 2. The van der Waals surface area contributed by atoms with Crippen molar-refractivity contribution in [2.24, 2.45) is 5.92 Å². The summed E-state index contributed by atoms with van der Waals surface area (Å²) in [6.45, 7) is 7.53. The molecule has 0 unspecified atom stereocenters. The molecule has 1 aliphatic rings. The Labute approximate surface area is 125 Å². The van der Waals surface area contributed by atoms with Gasteiger partial charge < -0.3 is 9.80 Å². The lowest BCUT2D eigenvalue weighted by molar-refractivity contribution is 0.0768. The predicted molar refractivity (Wildman–Crippen MR) is 82.4 cm³/mol. The first-order valence-corrected chi connectivity index (χ1v) is 7.74. The monoisotopic (exact) mass is 294 g/mol. The summed E-state index contributed by atoms with van der Waals surface area (Å²) >= 11 is 0. The van der Waals surface area contributed by atoms with Crippen LogP contribution in [0.1, 0.15) is 43.6 Å². The number of nitrogens with one attached hydrogen (secondary N) is 2. The van der Waals surface area contributed by atoms with E-state index in [0.717, 1.165) is 26.1 Å². The van der Waals surface area contributed by atoms with Crippen molar-refractivity contribution < 1.29 is 4.79 Å². The average Bonchev–Trinajstić information content (AvgIpc) is 2.91. The maximum absolute atomic E-state index is 12.1. The minimum absolute atomic E-state index is 0.132. The molecule has 0 atom stereocenters. The highest BCUT2D eigenvalue weighted by Crippen LogP contribution is 2.22. The van der Waals surface area contributed by atoms with Gasteiger partial charge in [-0.15, -0.1) is 0 Å². The van der Waals surface area contributed by atoms with Crippen molar-refractivity contribution in [1.82, 2.24) is 20.0 Å². The van der Waals surface area contributed by atoms with E-state index in [9.17, 15) is 9.59 Å². The van der Waals surface area contributed by atoms with Crippen LogP contribution in [0, 0.1) is 5.92 Å². The van der Waals surface area contributed by atoms with Gasteiger partial charge in [0.15, 0.2) is 0 Å². The molecule has 1 saturated heterocycles. The molecule has 1 aromatic rings. The van der Waals surface area contributed by atoms with Crippen LogP contribution in [0.3, 0.4) is 0 Å². The van der Waals surface area contributed by atoms with Gasteiger partial charge in [0.2, 0.25) is 0 Å². The third-order valence-electron chi connectivity index (χ3n) is 4.43. The van der Waals surface area contributed by atoms with Crippen LogP contribution in [0.4, 0.5) is 0 Å². The van der Waals surface area contributed by atoms with Gasteiger partial charge in [-0.05, 0) is 52.1 Å². The number of hydrogen-bond acceptors (Lipinski definition) is 3. The maximum atomic E-state index is 12.1. The lowest BCUT2D eigenvalue weighted by Gasteiger charge is -2.35. The van der Waals surface area contributed by atoms with Gasteiger partial charge in [-0.25, -0.2) is 0 Å². The molecule has 1 fully saturated rings. The maximum Gasteiger partial charge on any atom is 0.271 e. The summed E-state index contributed by atoms with van der Waals surface area (Å²) in [4.78, 5) is 27.3. The smallest absolute Gasteiger partial charge is 0.271 e. The highest BCUT2D eigenvalue weighted by Gasteiger charge is 2.22. The van der Waals surface area contributed by atoms with Gasteiger partial charge in [-0.1, -0.05) is 0 Å². The van der Waals surface area contributed by atoms with Crippen LogP contribution in [0.5, 0.6) is 0 Å². The molecule has 6 nitrogen and oxygen atoms in total. The van der Waals surface area contributed by atoms with E-state index in [1.807, 2.05) is 0 Å². The number of hydrogen-bond donors (Lipinski definition) is 2. The fourth-order valence-corrected chi connectivity index (χ4v) is 2.89. The summed E-state index contributed by atoms with van der Waals surface area (Å²) in [5, 5.41) is 5.00. The van der Waals surface area contributed by atoms with E-state index >= 15 is 0 Å². The van der Waals surface area contributed by atoms with E-state index in [4.69, 9.17) is 0 Å². The number of likely N-dealkylation sites (tertiary alicyclic amines) is 1. The molecule has 2 heterocycles. The van der Waals surface area contributed by atoms with E-state index < -0.39 is 0 Å². The molecule has 0 bridgehead atoms. The molecule has 1 amide bonds. The Bertz CT molecular complexity index is 512. The largest absolute Gasteiger partial charge is 0.340 e. The van der Waals surface area contributed by atoms with Crippen molar-refractivity contribution in [3.63, 3.8) is 0 Å². The van der Waals surface area contributed by atoms with Gasteiger partial charge in [0.05, 0.1) is 0 Å². The number of piperidine rings is 1. The molecule has 0 spiro atoms. The molecular formula is C15H26N4O2. The van der Waals surface area contributed by atoms with E-state index in [1.54, 1.807) is 11.9 Å². The topological polar surface area (TPSA) is 72.2 Å². The Kier molecular flexibility index (Phi) is 5.22. The minimum atomic E-state index is -0.271. The van der Waals surface area contributed by atoms with Crippen LogP contribution in [-0.2, 0) is 0 Å². The number of rotatable bonds is 5. The van der Waals surface area contributed by atoms with Crippen LogP contribution >= 0.6 is 0 Å². The van der Waals surface area contributed by atoms with Gasteiger partial charge in [-0.3, -0.25) is 19.8 Å². The first kappa shape index (κ1) is 15.8. The van der Waals surface area contributed by atoms with Crippen molar-refractivity contribution in [2.75, 3.05) is 26.7 Å². The highest BCUT2D eigenvalue weighted by molar-refractivity contribution is 5.91. The van der Waals surface area contributed by atoms with Crippen molar-refractivity contribution in [1.29, 1.82) is 0 Å². The SMILES string of the molecule is CC(C)N1CCC(CCN(C)C(=O)c2cc(=O)[nH][nH]2)CC1. The van der Waals surface area contributed by atoms with E-state index in [1.165, 1.54) is 18.9 Å². The summed E-state index contributed by atoms with van der Waals surface area (Å²) in [6, 6.07) is 1.93. The molecule has 1 aromatic heterocycles. The quantitative estimate of drug-likeness (QED) is 0.859. The van der Waals surface area contributed by atoms with Gasteiger partial charge >= 0.3 is 0 Å². The Hall–Kier alpha value is -1.56. The number of nitrogens with zero attached hydrogens (tertiary/aromatic N) is 2. The highest BCUT2D eigenvalue weighted by atomic mass is 16.2. The van der Waals surface area contributed by atoms with Crippen molar-refractivity contribution >= 4 is 5.91 Å². The summed E-state index contributed by atoms with van der Waals surface area (Å²) < 4.78 is 0. The first-order chi connectivity index (χ1) is 9.97. The van der Waals surface area contributed by atoms with Gasteiger partial charge in [0.1, 0.15) is 5.69 Å². The molecule has 118 valence electrons. The van der Waals surface area contributed by atoms with E-state index in [2.05, 4.69) is 28.9 Å². The first-order valence-electron chi connectivity index (χ1n) is 7.74. The predicted octanol–water partition coefficient (Wildman–Crippen LogP) is 1.29.